The minimum atomic E-state index is -1.55. The van der Waals surface area contributed by atoms with Gasteiger partial charge in [0.1, 0.15) is 30.5 Å². The zero-order chi connectivity index (χ0) is 15.7. The molecule has 0 amide bonds. The van der Waals surface area contributed by atoms with E-state index in [-0.39, 0.29) is 6.42 Å². The number of aliphatic hydroxyl groups is 6. The molecule has 0 spiro atoms. The molecule has 0 aromatic carbocycles. The molecule has 2 heterocycles. The molecule has 9 atom stereocenters. The van der Waals surface area contributed by atoms with Crippen molar-refractivity contribution in [3.8, 4) is 0 Å². The normalized spacial score (nSPS) is 51.9. The Morgan fingerprint density at radius 1 is 1.00 bits per heavy atom. The third kappa shape index (κ3) is 3.52. The highest BCUT2D eigenvalue weighted by Crippen LogP contribution is 2.27. The first-order valence-corrected chi connectivity index (χ1v) is 6.82. The average Bonchev–Trinajstić information content (AvgIpc) is 2.42. The van der Waals surface area contributed by atoms with Gasteiger partial charge in [0.2, 0.25) is 0 Å². The highest BCUT2D eigenvalue weighted by atomic mass is 16.7. The quantitative estimate of drug-likeness (QED) is 0.314. The molecular weight excluding hydrogens is 288 g/mol. The van der Waals surface area contributed by atoms with Gasteiger partial charge in [0.25, 0.3) is 0 Å². The highest BCUT2D eigenvalue weighted by Gasteiger charge is 2.47. The Morgan fingerprint density at radius 2 is 1.67 bits per heavy atom. The van der Waals surface area contributed by atoms with E-state index in [4.69, 9.17) is 19.3 Å². The molecule has 0 aromatic rings. The maximum absolute atomic E-state index is 9.90. The van der Waals surface area contributed by atoms with Crippen LogP contribution in [0.3, 0.4) is 0 Å². The average molecular weight is 310 g/mol. The Morgan fingerprint density at radius 3 is 2.24 bits per heavy atom. The third-order valence-electron chi connectivity index (χ3n) is 3.80. The summed E-state index contributed by atoms with van der Waals surface area (Å²) in [6, 6.07) is 0. The molecule has 2 saturated heterocycles. The molecule has 0 saturated carbocycles. The minimum absolute atomic E-state index is 0.0631. The summed E-state index contributed by atoms with van der Waals surface area (Å²) in [6.45, 7) is 1.00. The zero-order valence-electron chi connectivity index (χ0n) is 11.5. The van der Waals surface area contributed by atoms with Gasteiger partial charge < -0.3 is 44.8 Å². The molecule has 2 fully saturated rings. The van der Waals surface area contributed by atoms with Crippen molar-refractivity contribution >= 4 is 0 Å². The van der Waals surface area contributed by atoms with E-state index in [0.717, 1.165) is 0 Å². The van der Waals surface area contributed by atoms with Crippen LogP contribution in [-0.2, 0) is 14.2 Å². The zero-order valence-corrected chi connectivity index (χ0v) is 11.5. The largest absolute Gasteiger partial charge is 0.394 e. The molecule has 9 heteroatoms. The van der Waals surface area contributed by atoms with Crippen molar-refractivity contribution in [3.63, 3.8) is 0 Å². The monoisotopic (exact) mass is 310 g/mol. The van der Waals surface area contributed by atoms with Crippen LogP contribution in [0.15, 0.2) is 0 Å². The van der Waals surface area contributed by atoms with E-state index in [2.05, 4.69) is 0 Å². The Balaban J connectivity index is 2.03. The molecule has 124 valence electrons. The Labute approximate surface area is 121 Å². The fourth-order valence-corrected chi connectivity index (χ4v) is 2.57. The fourth-order valence-electron chi connectivity index (χ4n) is 2.57. The van der Waals surface area contributed by atoms with Crippen LogP contribution in [0.1, 0.15) is 13.3 Å². The summed E-state index contributed by atoms with van der Waals surface area (Å²) in [5.74, 6) is 0. The SMILES string of the molecule is CC1OC(O)CC(O)C1OC1OC(CO)C(O)C(O)C1O. The van der Waals surface area contributed by atoms with Gasteiger partial charge >= 0.3 is 0 Å². The number of rotatable bonds is 3. The molecule has 0 bridgehead atoms. The van der Waals surface area contributed by atoms with E-state index in [1.165, 1.54) is 0 Å². The van der Waals surface area contributed by atoms with Gasteiger partial charge in [0.05, 0.1) is 18.8 Å². The first-order valence-electron chi connectivity index (χ1n) is 6.82. The maximum atomic E-state index is 9.90. The molecule has 9 unspecified atom stereocenters. The molecular formula is C12H22O9. The van der Waals surface area contributed by atoms with Crippen LogP contribution in [0.4, 0.5) is 0 Å². The smallest absolute Gasteiger partial charge is 0.187 e. The molecule has 6 N–H and O–H groups in total. The van der Waals surface area contributed by atoms with Crippen LogP contribution in [-0.4, -0.2) is 92.6 Å². The summed E-state index contributed by atoms with van der Waals surface area (Å²) in [5, 5.41) is 57.5. The van der Waals surface area contributed by atoms with Crippen LogP contribution in [0.2, 0.25) is 0 Å². The van der Waals surface area contributed by atoms with E-state index < -0.39 is 61.9 Å². The molecule has 2 aliphatic rings. The summed E-state index contributed by atoms with van der Waals surface area (Å²) < 4.78 is 15.7. The van der Waals surface area contributed by atoms with Crippen molar-refractivity contribution in [1.29, 1.82) is 0 Å². The molecule has 2 aliphatic heterocycles. The van der Waals surface area contributed by atoms with Gasteiger partial charge in [0.15, 0.2) is 12.6 Å². The predicted octanol–water partition coefficient (Wildman–Crippen LogP) is -3.34. The second-order valence-corrected chi connectivity index (χ2v) is 5.40. The Kier molecular flexibility index (Phi) is 5.52. The van der Waals surface area contributed by atoms with E-state index in [1.54, 1.807) is 6.92 Å². The lowest BCUT2D eigenvalue weighted by Gasteiger charge is -2.43. The first-order chi connectivity index (χ1) is 9.85. The van der Waals surface area contributed by atoms with E-state index in [9.17, 15) is 25.5 Å². The van der Waals surface area contributed by atoms with Crippen molar-refractivity contribution in [2.45, 2.75) is 68.7 Å². The van der Waals surface area contributed by atoms with E-state index in [1.807, 2.05) is 0 Å². The van der Waals surface area contributed by atoms with E-state index >= 15 is 0 Å². The molecule has 21 heavy (non-hydrogen) atoms. The van der Waals surface area contributed by atoms with Crippen molar-refractivity contribution in [3.05, 3.63) is 0 Å². The van der Waals surface area contributed by atoms with Crippen LogP contribution in [0.25, 0.3) is 0 Å². The fraction of sp³-hybridized carbons (Fsp3) is 1.00. The van der Waals surface area contributed by atoms with Crippen molar-refractivity contribution in [1.82, 2.24) is 0 Å². The van der Waals surface area contributed by atoms with Gasteiger partial charge in [-0.1, -0.05) is 0 Å². The number of hydrogen-bond acceptors (Lipinski definition) is 9. The van der Waals surface area contributed by atoms with Crippen LogP contribution in [0, 0.1) is 0 Å². The molecule has 2 rings (SSSR count). The Bertz CT molecular complexity index is 327. The molecule has 9 nitrogen and oxygen atoms in total. The highest BCUT2D eigenvalue weighted by molar-refractivity contribution is 4.90. The van der Waals surface area contributed by atoms with Crippen LogP contribution >= 0.6 is 0 Å². The summed E-state index contributed by atoms with van der Waals surface area (Å²) >= 11 is 0. The number of aliphatic hydroxyl groups excluding tert-OH is 6. The predicted molar refractivity (Wildman–Crippen MR) is 65.8 cm³/mol. The van der Waals surface area contributed by atoms with Crippen molar-refractivity contribution < 1.29 is 44.8 Å². The van der Waals surface area contributed by atoms with Crippen molar-refractivity contribution in [2.24, 2.45) is 0 Å². The van der Waals surface area contributed by atoms with Crippen LogP contribution in [0.5, 0.6) is 0 Å². The van der Waals surface area contributed by atoms with Crippen molar-refractivity contribution in [2.75, 3.05) is 6.61 Å². The summed E-state index contributed by atoms with van der Waals surface area (Å²) in [7, 11) is 0. The Hall–Kier alpha value is -0.360. The molecule has 0 aliphatic carbocycles. The van der Waals surface area contributed by atoms with Gasteiger partial charge in [-0.25, -0.2) is 0 Å². The third-order valence-corrected chi connectivity index (χ3v) is 3.80. The van der Waals surface area contributed by atoms with Gasteiger partial charge in [-0.3, -0.25) is 0 Å². The van der Waals surface area contributed by atoms with E-state index in [0.29, 0.717) is 0 Å². The second kappa shape index (κ2) is 6.82. The summed E-state index contributed by atoms with van der Waals surface area (Å²) in [4.78, 5) is 0. The lowest BCUT2D eigenvalue weighted by molar-refractivity contribution is -0.338. The second-order valence-electron chi connectivity index (χ2n) is 5.40. The van der Waals surface area contributed by atoms with Gasteiger partial charge in [-0.05, 0) is 6.92 Å². The van der Waals surface area contributed by atoms with Gasteiger partial charge in [-0.2, -0.15) is 0 Å². The minimum Gasteiger partial charge on any atom is -0.394 e. The lowest BCUT2D eigenvalue weighted by atomic mass is 9.98. The number of hydrogen-bond donors (Lipinski definition) is 6. The first kappa shape index (κ1) is 17.0. The van der Waals surface area contributed by atoms with Gasteiger partial charge in [0, 0.05) is 6.42 Å². The number of ether oxygens (including phenoxy) is 3. The topological polar surface area (TPSA) is 149 Å². The standard InChI is InChI=1S/C12H22O9/c1-4-11(5(14)2-7(15)19-4)21-12-10(18)9(17)8(16)6(3-13)20-12/h4-18H,2-3H2,1H3. The maximum Gasteiger partial charge on any atom is 0.187 e. The molecule has 0 radical (unpaired) electrons. The summed E-state index contributed by atoms with van der Waals surface area (Å²) in [5.41, 5.74) is 0. The van der Waals surface area contributed by atoms with Gasteiger partial charge in [-0.15, -0.1) is 0 Å². The summed E-state index contributed by atoms with van der Waals surface area (Å²) in [6.07, 6.45) is -10.8. The lowest BCUT2D eigenvalue weighted by Crippen LogP contribution is -2.61. The van der Waals surface area contributed by atoms with Crippen LogP contribution < -0.4 is 0 Å². The molecule has 0 aromatic heterocycles.